The van der Waals surface area contributed by atoms with Gasteiger partial charge in [0.25, 0.3) is 5.91 Å². The van der Waals surface area contributed by atoms with E-state index in [1.165, 1.54) is 0 Å². The van der Waals surface area contributed by atoms with Crippen LogP contribution in [0.25, 0.3) is 0 Å². The highest BCUT2D eigenvalue weighted by Gasteiger charge is 2.55. The number of fused-ring (bicyclic) bond motifs is 2. The van der Waals surface area contributed by atoms with Crippen LogP contribution >= 0.6 is 0 Å². The summed E-state index contributed by atoms with van der Waals surface area (Å²) < 4.78 is 1.92. The van der Waals surface area contributed by atoms with Crippen LogP contribution in [0.5, 0.6) is 0 Å². The fraction of sp³-hybridized carbons (Fsp3) is 0.350. The number of amides is 3. The number of Topliss-reactive ketones (excluding diaryl/α,β-unsaturated/α-hetero) is 1. The molecule has 0 radical (unpaired) electrons. The summed E-state index contributed by atoms with van der Waals surface area (Å²) in [4.78, 5) is 39.4. The zero-order valence-electron chi connectivity index (χ0n) is 15.1. The zero-order valence-corrected chi connectivity index (χ0v) is 15.1. The molecule has 1 aromatic carbocycles. The highest BCUT2D eigenvalue weighted by Crippen LogP contribution is 2.41. The van der Waals surface area contributed by atoms with Crippen LogP contribution in [0, 0.1) is 13.8 Å². The fourth-order valence-corrected chi connectivity index (χ4v) is 4.10. The third-order valence-corrected chi connectivity index (χ3v) is 5.80. The van der Waals surface area contributed by atoms with Crippen LogP contribution < -0.4 is 5.32 Å². The van der Waals surface area contributed by atoms with Crippen LogP contribution in [0.4, 0.5) is 4.79 Å². The van der Waals surface area contributed by atoms with Crippen molar-refractivity contribution in [2.75, 3.05) is 6.54 Å². The monoisotopic (exact) mass is 351 g/mol. The Labute approximate surface area is 151 Å². The fourth-order valence-electron chi connectivity index (χ4n) is 4.10. The number of carbonyl (C=O) groups is 3. The number of urea groups is 1. The molecule has 1 aliphatic heterocycles. The van der Waals surface area contributed by atoms with Crippen molar-refractivity contribution in [1.29, 1.82) is 0 Å². The molecule has 26 heavy (non-hydrogen) atoms. The predicted molar refractivity (Wildman–Crippen MR) is 95.9 cm³/mol. The number of aryl methyl sites for hydroxylation is 2. The SMILES string of the molecule is Cc1cc(C(=O)CN2C(=O)N[C@@]3(CCc4ccccc43)C2=O)c(C)n1C. The zero-order chi connectivity index (χ0) is 18.6. The van der Waals surface area contributed by atoms with Crippen LogP contribution in [-0.4, -0.2) is 33.7 Å². The van der Waals surface area contributed by atoms with E-state index in [0.717, 1.165) is 33.8 Å². The molecule has 1 saturated heterocycles. The Morgan fingerprint density at radius 3 is 2.65 bits per heavy atom. The Morgan fingerprint density at radius 2 is 1.96 bits per heavy atom. The summed E-state index contributed by atoms with van der Waals surface area (Å²) >= 11 is 0. The molecule has 2 heterocycles. The van der Waals surface area contributed by atoms with Gasteiger partial charge in [0.2, 0.25) is 0 Å². The van der Waals surface area contributed by atoms with Gasteiger partial charge in [0.05, 0.1) is 6.54 Å². The van der Waals surface area contributed by atoms with Crippen molar-refractivity contribution in [2.45, 2.75) is 32.2 Å². The van der Waals surface area contributed by atoms with Gasteiger partial charge in [0.15, 0.2) is 5.78 Å². The molecule has 2 aromatic rings. The first-order valence-corrected chi connectivity index (χ1v) is 8.74. The van der Waals surface area contributed by atoms with Gasteiger partial charge in [-0.25, -0.2) is 4.79 Å². The molecule has 0 unspecified atom stereocenters. The lowest BCUT2D eigenvalue weighted by Crippen LogP contribution is -2.42. The normalized spacial score (nSPS) is 21.4. The molecule has 6 nitrogen and oxygen atoms in total. The lowest BCUT2D eigenvalue weighted by atomic mass is 9.92. The minimum Gasteiger partial charge on any atom is -0.351 e. The highest BCUT2D eigenvalue weighted by atomic mass is 16.2. The summed E-state index contributed by atoms with van der Waals surface area (Å²) in [7, 11) is 1.89. The van der Waals surface area contributed by atoms with Crippen LogP contribution in [0.3, 0.4) is 0 Å². The minimum absolute atomic E-state index is 0.224. The van der Waals surface area contributed by atoms with E-state index in [1.54, 1.807) is 6.07 Å². The lowest BCUT2D eigenvalue weighted by molar-refractivity contribution is -0.131. The van der Waals surface area contributed by atoms with Crippen molar-refractivity contribution in [3.05, 3.63) is 58.4 Å². The van der Waals surface area contributed by atoms with Gasteiger partial charge in [0.1, 0.15) is 5.54 Å². The number of imide groups is 1. The number of ketones is 1. The van der Waals surface area contributed by atoms with Crippen molar-refractivity contribution >= 4 is 17.7 Å². The van der Waals surface area contributed by atoms with Crippen molar-refractivity contribution in [2.24, 2.45) is 7.05 Å². The Kier molecular flexibility index (Phi) is 3.54. The van der Waals surface area contributed by atoms with E-state index in [2.05, 4.69) is 5.32 Å². The maximum atomic E-state index is 13.1. The van der Waals surface area contributed by atoms with Gasteiger partial charge in [0, 0.05) is 24.0 Å². The van der Waals surface area contributed by atoms with Gasteiger partial charge in [-0.3, -0.25) is 14.5 Å². The van der Waals surface area contributed by atoms with Crippen LogP contribution in [0.1, 0.15) is 39.3 Å². The Bertz CT molecular complexity index is 959. The molecule has 2 aliphatic rings. The second-order valence-corrected chi connectivity index (χ2v) is 7.15. The quantitative estimate of drug-likeness (QED) is 0.681. The molecule has 0 saturated carbocycles. The van der Waals surface area contributed by atoms with Gasteiger partial charge in [-0.2, -0.15) is 0 Å². The third kappa shape index (κ3) is 2.14. The highest BCUT2D eigenvalue weighted by molar-refractivity contribution is 6.12. The predicted octanol–water partition coefficient (Wildman–Crippen LogP) is 2.22. The first-order chi connectivity index (χ1) is 12.3. The summed E-state index contributed by atoms with van der Waals surface area (Å²) in [5, 5.41) is 2.85. The maximum absolute atomic E-state index is 13.1. The molecular formula is C20H21N3O3. The first kappa shape index (κ1) is 16.6. The average Bonchev–Trinajstić information content (AvgIpc) is 3.20. The summed E-state index contributed by atoms with van der Waals surface area (Å²) in [5.74, 6) is -0.552. The van der Waals surface area contributed by atoms with Crippen molar-refractivity contribution in [3.8, 4) is 0 Å². The van der Waals surface area contributed by atoms with Gasteiger partial charge >= 0.3 is 6.03 Å². The van der Waals surface area contributed by atoms with Crippen LogP contribution in [-0.2, 0) is 23.8 Å². The van der Waals surface area contributed by atoms with E-state index in [0.29, 0.717) is 12.0 Å². The van der Waals surface area contributed by atoms with Crippen molar-refractivity contribution in [1.82, 2.24) is 14.8 Å². The first-order valence-electron chi connectivity index (χ1n) is 8.74. The summed E-state index contributed by atoms with van der Waals surface area (Å²) in [6.45, 7) is 3.54. The van der Waals surface area contributed by atoms with E-state index in [9.17, 15) is 14.4 Å². The van der Waals surface area contributed by atoms with Gasteiger partial charge in [-0.15, -0.1) is 0 Å². The Balaban J connectivity index is 1.63. The third-order valence-electron chi connectivity index (χ3n) is 5.80. The molecule has 1 atom stereocenters. The standard InChI is InChI=1S/C20H21N3O3/c1-12-10-15(13(2)22(12)3)17(24)11-23-18(25)20(21-19(23)26)9-8-14-6-4-5-7-16(14)20/h4-7,10H,8-9,11H2,1-3H3,(H,21,26)/t20-/m1/s1. The number of hydrogen-bond donors (Lipinski definition) is 1. The summed E-state index contributed by atoms with van der Waals surface area (Å²) in [5.41, 5.74) is 3.25. The van der Waals surface area contributed by atoms with E-state index < -0.39 is 11.6 Å². The van der Waals surface area contributed by atoms with E-state index in [1.807, 2.05) is 49.7 Å². The number of nitrogens with one attached hydrogen (secondary N) is 1. The molecule has 1 aromatic heterocycles. The molecule has 4 rings (SSSR count). The number of hydrogen-bond acceptors (Lipinski definition) is 3. The summed E-state index contributed by atoms with van der Waals surface area (Å²) in [6, 6.07) is 8.97. The lowest BCUT2D eigenvalue weighted by Gasteiger charge is -2.22. The molecular weight excluding hydrogens is 330 g/mol. The van der Waals surface area contributed by atoms with Crippen molar-refractivity contribution in [3.63, 3.8) is 0 Å². The summed E-state index contributed by atoms with van der Waals surface area (Å²) in [6.07, 6.45) is 1.27. The maximum Gasteiger partial charge on any atom is 0.325 e. The van der Waals surface area contributed by atoms with Gasteiger partial charge in [-0.05, 0) is 43.9 Å². The second-order valence-electron chi connectivity index (χ2n) is 7.15. The number of nitrogens with zero attached hydrogens (tertiary/aromatic N) is 2. The number of aromatic nitrogens is 1. The number of carbonyl (C=O) groups excluding carboxylic acids is 3. The van der Waals surface area contributed by atoms with Crippen LogP contribution in [0.15, 0.2) is 30.3 Å². The molecule has 1 aliphatic carbocycles. The Hall–Kier alpha value is -2.89. The smallest absolute Gasteiger partial charge is 0.325 e. The Morgan fingerprint density at radius 1 is 1.23 bits per heavy atom. The molecule has 0 bridgehead atoms. The number of rotatable bonds is 3. The molecule has 1 spiro atoms. The van der Waals surface area contributed by atoms with Crippen LogP contribution in [0.2, 0.25) is 0 Å². The molecule has 134 valence electrons. The van der Waals surface area contributed by atoms with E-state index in [-0.39, 0.29) is 18.2 Å². The number of benzene rings is 1. The average molecular weight is 351 g/mol. The molecule has 1 N–H and O–H groups in total. The van der Waals surface area contributed by atoms with Gasteiger partial charge in [-0.1, -0.05) is 24.3 Å². The van der Waals surface area contributed by atoms with Crippen molar-refractivity contribution < 1.29 is 14.4 Å². The van der Waals surface area contributed by atoms with Gasteiger partial charge < -0.3 is 9.88 Å². The molecule has 6 heteroatoms. The minimum atomic E-state index is -1.02. The largest absolute Gasteiger partial charge is 0.351 e. The van der Waals surface area contributed by atoms with E-state index in [4.69, 9.17) is 0 Å². The molecule has 3 amide bonds. The molecule has 1 fully saturated rings. The topological polar surface area (TPSA) is 71.4 Å². The van der Waals surface area contributed by atoms with E-state index >= 15 is 0 Å². The second kappa shape index (κ2) is 5.56.